The molecule has 0 radical (unpaired) electrons. The van der Waals surface area contributed by atoms with Crippen LogP contribution in [-0.4, -0.2) is 17.5 Å². The standard InChI is InChI=1S/C23H29N/c1-3-21-15-16-24(18-20-13-9-6-10-14-20)23(22(21)4-2)17-19-11-7-5-8-12-19/h5-14,23H,3-4,15-18H2,1-2H3. The summed E-state index contributed by atoms with van der Waals surface area (Å²) in [5.74, 6) is 0. The Morgan fingerprint density at radius 3 is 2.04 bits per heavy atom. The third-order valence-corrected chi connectivity index (χ3v) is 5.31. The summed E-state index contributed by atoms with van der Waals surface area (Å²) in [5, 5.41) is 0. The lowest BCUT2D eigenvalue weighted by Gasteiger charge is -2.39. The van der Waals surface area contributed by atoms with Gasteiger partial charge in [-0.2, -0.15) is 0 Å². The van der Waals surface area contributed by atoms with Gasteiger partial charge in [-0.15, -0.1) is 0 Å². The SMILES string of the molecule is CCC1=C(CC)C(Cc2ccccc2)N(Cc2ccccc2)CC1. The van der Waals surface area contributed by atoms with Gasteiger partial charge >= 0.3 is 0 Å². The molecule has 1 atom stereocenters. The summed E-state index contributed by atoms with van der Waals surface area (Å²) >= 11 is 0. The third-order valence-electron chi connectivity index (χ3n) is 5.31. The van der Waals surface area contributed by atoms with Crippen LogP contribution in [0.1, 0.15) is 44.2 Å². The van der Waals surface area contributed by atoms with Crippen molar-refractivity contribution >= 4 is 0 Å². The lowest BCUT2D eigenvalue weighted by atomic mass is 9.85. The molecule has 126 valence electrons. The summed E-state index contributed by atoms with van der Waals surface area (Å²) in [4.78, 5) is 2.69. The van der Waals surface area contributed by atoms with Crippen molar-refractivity contribution < 1.29 is 0 Å². The fourth-order valence-electron chi connectivity index (χ4n) is 4.04. The van der Waals surface area contributed by atoms with Crippen LogP contribution in [0.3, 0.4) is 0 Å². The molecule has 1 aliphatic rings. The van der Waals surface area contributed by atoms with Crippen molar-refractivity contribution in [1.29, 1.82) is 0 Å². The van der Waals surface area contributed by atoms with Gasteiger partial charge in [-0.05, 0) is 36.8 Å². The third kappa shape index (κ3) is 3.96. The second kappa shape index (κ2) is 8.30. The molecule has 0 aromatic heterocycles. The number of nitrogens with zero attached hydrogens (tertiary/aromatic N) is 1. The van der Waals surface area contributed by atoms with Gasteiger partial charge in [0.2, 0.25) is 0 Å². The van der Waals surface area contributed by atoms with Crippen molar-refractivity contribution in [3.05, 3.63) is 82.9 Å². The molecule has 0 bridgehead atoms. The minimum atomic E-state index is 0.543. The molecule has 24 heavy (non-hydrogen) atoms. The van der Waals surface area contributed by atoms with Crippen LogP contribution in [0.15, 0.2) is 71.8 Å². The van der Waals surface area contributed by atoms with Gasteiger partial charge in [0.05, 0.1) is 0 Å². The molecule has 1 aliphatic heterocycles. The van der Waals surface area contributed by atoms with Gasteiger partial charge in [0.15, 0.2) is 0 Å². The highest BCUT2D eigenvalue weighted by Crippen LogP contribution is 2.31. The molecule has 0 amide bonds. The van der Waals surface area contributed by atoms with Crippen molar-refractivity contribution in [3.8, 4) is 0 Å². The average molecular weight is 319 g/mol. The van der Waals surface area contributed by atoms with Crippen molar-refractivity contribution in [3.63, 3.8) is 0 Å². The Morgan fingerprint density at radius 2 is 1.46 bits per heavy atom. The predicted octanol–water partition coefficient (Wildman–Crippen LogP) is 5.62. The van der Waals surface area contributed by atoms with E-state index in [1.807, 2.05) is 0 Å². The van der Waals surface area contributed by atoms with Crippen LogP contribution >= 0.6 is 0 Å². The molecule has 2 aromatic rings. The van der Waals surface area contributed by atoms with E-state index in [9.17, 15) is 0 Å². The maximum absolute atomic E-state index is 2.69. The van der Waals surface area contributed by atoms with Gasteiger partial charge in [-0.3, -0.25) is 4.90 Å². The predicted molar refractivity (Wildman–Crippen MR) is 103 cm³/mol. The maximum atomic E-state index is 2.69. The lowest BCUT2D eigenvalue weighted by Crippen LogP contribution is -2.42. The van der Waals surface area contributed by atoms with Gasteiger partial charge in [0, 0.05) is 19.1 Å². The lowest BCUT2D eigenvalue weighted by molar-refractivity contribution is 0.194. The Bertz CT molecular complexity index is 657. The van der Waals surface area contributed by atoms with Crippen LogP contribution in [0.5, 0.6) is 0 Å². The Morgan fingerprint density at radius 1 is 0.833 bits per heavy atom. The van der Waals surface area contributed by atoms with Crippen molar-refractivity contribution in [1.82, 2.24) is 4.90 Å². The Labute approximate surface area is 147 Å². The summed E-state index contributed by atoms with van der Waals surface area (Å²) in [6, 6.07) is 22.4. The van der Waals surface area contributed by atoms with Crippen LogP contribution in [0, 0.1) is 0 Å². The van der Waals surface area contributed by atoms with E-state index >= 15 is 0 Å². The van der Waals surface area contributed by atoms with Crippen LogP contribution in [0.4, 0.5) is 0 Å². The molecular formula is C23H29N. The average Bonchev–Trinajstić information content (AvgIpc) is 2.64. The summed E-state index contributed by atoms with van der Waals surface area (Å²) in [6.45, 7) is 6.88. The fourth-order valence-corrected chi connectivity index (χ4v) is 4.04. The van der Waals surface area contributed by atoms with Crippen molar-refractivity contribution in [2.45, 2.75) is 52.1 Å². The van der Waals surface area contributed by atoms with Gasteiger partial charge in [0.25, 0.3) is 0 Å². The molecule has 1 heterocycles. The zero-order valence-electron chi connectivity index (χ0n) is 15.0. The first-order valence-corrected chi connectivity index (χ1v) is 9.34. The zero-order chi connectivity index (χ0) is 16.8. The quantitative estimate of drug-likeness (QED) is 0.625. The van der Waals surface area contributed by atoms with Crippen LogP contribution in [-0.2, 0) is 13.0 Å². The topological polar surface area (TPSA) is 3.24 Å². The van der Waals surface area contributed by atoms with Gasteiger partial charge in [-0.1, -0.05) is 85.7 Å². The van der Waals surface area contributed by atoms with Crippen LogP contribution in [0.2, 0.25) is 0 Å². The van der Waals surface area contributed by atoms with E-state index < -0.39 is 0 Å². The Hall–Kier alpha value is -1.86. The summed E-state index contributed by atoms with van der Waals surface area (Å²) in [5.41, 5.74) is 6.25. The maximum Gasteiger partial charge on any atom is 0.0354 e. The number of hydrogen-bond donors (Lipinski definition) is 0. The molecule has 1 heteroatoms. The normalized spacial score (nSPS) is 18.8. The van der Waals surface area contributed by atoms with E-state index in [0.29, 0.717) is 6.04 Å². The van der Waals surface area contributed by atoms with Gasteiger partial charge < -0.3 is 0 Å². The smallest absolute Gasteiger partial charge is 0.0354 e. The van der Waals surface area contributed by atoms with E-state index in [2.05, 4.69) is 79.4 Å². The molecule has 0 spiro atoms. The first-order chi connectivity index (χ1) is 11.8. The second-order valence-corrected chi connectivity index (χ2v) is 6.75. The van der Waals surface area contributed by atoms with E-state index in [1.54, 1.807) is 11.1 Å². The second-order valence-electron chi connectivity index (χ2n) is 6.75. The molecule has 0 aliphatic carbocycles. The molecule has 1 nitrogen and oxygen atoms in total. The minimum absolute atomic E-state index is 0.543. The summed E-state index contributed by atoms with van der Waals surface area (Å²) < 4.78 is 0. The number of benzene rings is 2. The van der Waals surface area contributed by atoms with E-state index in [-0.39, 0.29) is 0 Å². The molecule has 0 saturated heterocycles. The first kappa shape index (κ1) is 17.0. The first-order valence-electron chi connectivity index (χ1n) is 9.34. The van der Waals surface area contributed by atoms with Crippen molar-refractivity contribution in [2.75, 3.05) is 6.54 Å². The highest BCUT2D eigenvalue weighted by Gasteiger charge is 2.28. The molecule has 1 unspecified atom stereocenters. The highest BCUT2D eigenvalue weighted by molar-refractivity contribution is 5.28. The van der Waals surface area contributed by atoms with Gasteiger partial charge in [-0.25, -0.2) is 0 Å². The van der Waals surface area contributed by atoms with Gasteiger partial charge in [0.1, 0.15) is 0 Å². The van der Waals surface area contributed by atoms with Crippen molar-refractivity contribution in [2.24, 2.45) is 0 Å². The van der Waals surface area contributed by atoms with E-state index in [1.165, 1.54) is 36.9 Å². The molecule has 0 N–H and O–H groups in total. The Kier molecular flexibility index (Phi) is 5.87. The number of rotatable bonds is 6. The molecular weight excluding hydrogens is 290 g/mol. The summed E-state index contributed by atoms with van der Waals surface area (Å²) in [6.07, 6.45) is 4.73. The minimum Gasteiger partial charge on any atom is -0.292 e. The summed E-state index contributed by atoms with van der Waals surface area (Å²) in [7, 11) is 0. The van der Waals surface area contributed by atoms with Crippen LogP contribution in [0.25, 0.3) is 0 Å². The molecule has 0 saturated carbocycles. The van der Waals surface area contributed by atoms with E-state index in [4.69, 9.17) is 0 Å². The molecule has 2 aromatic carbocycles. The Balaban J connectivity index is 1.87. The monoisotopic (exact) mass is 319 g/mol. The fraction of sp³-hybridized carbons (Fsp3) is 0.391. The highest BCUT2D eigenvalue weighted by atomic mass is 15.2. The van der Waals surface area contributed by atoms with Crippen LogP contribution < -0.4 is 0 Å². The van der Waals surface area contributed by atoms with E-state index in [0.717, 1.165) is 13.0 Å². The zero-order valence-corrected chi connectivity index (χ0v) is 15.0. The molecule has 3 rings (SSSR count). The largest absolute Gasteiger partial charge is 0.292 e. The number of hydrogen-bond acceptors (Lipinski definition) is 1. The molecule has 0 fully saturated rings.